The summed E-state index contributed by atoms with van der Waals surface area (Å²) in [4.78, 5) is 22.5. The Morgan fingerprint density at radius 3 is 2.76 bits per heavy atom. The van der Waals surface area contributed by atoms with E-state index in [0.717, 1.165) is 0 Å². The second-order valence-corrected chi connectivity index (χ2v) is 4.99. The molecule has 0 saturated carbocycles. The topological polar surface area (TPSA) is 70.7 Å². The van der Waals surface area contributed by atoms with E-state index in [1.807, 2.05) is 20.8 Å². The van der Waals surface area contributed by atoms with E-state index in [4.69, 9.17) is 4.74 Å². The second-order valence-electron chi connectivity index (χ2n) is 4.99. The molecule has 0 aromatic heterocycles. The highest BCUT2D eigenvalue weighted by molar-refractivity contribution is 5.77. The van der Waals surface area contributed by atoms with Crippen molar-refractivity contribution in [2.75, 3.05) is 19.6 Å². The molecule has 1 fully saturated rings. The Hall–Kier alpha value is -1.30. The Morgan fingerprint density at radius 1 is 1.53 bits per heavy atom. The average Bonchev–Trinajstić information content (AvgIpc) is 2.56. The van der Waals surface area contributed by atoms with Gasteiger partial charge in [0.15, 0.2) is 0 Å². The van der Waals surface area contributed by atoms with Crippen LogP contribution in [0.4, 0.5) is 4.79 Å². The molecule has 1 rings (SSSR count). The number of hydrogen-bond donors (Lipinski definition) is 2. The Kier molecular flexibility index (Phi) is 4.74. The van der Waals surface area contributed by atoms with E-state index < -0.39 is 11.7 Å². The molecule has 1 heterocycles. The summed E-state index contributed by atoms with van der Waals surface area (Å²) >= 11 is 0. The highest BCUT2D eigenvalue weighted by Gasteiger charge is 2.19. The SMILES string of the molecule is CC(C)(C)OC(=O)NCCCN1NCCC1=O. The molecule has 0 unspecified atom stereocenters. The van der Waals surface area contributed by atoms with E-state index in [-0.39, 0.29) is 5.91 Å². The largest absolute Gasteiger partial charge is 0.444 e. The monoisotopic (exact) mass is 243 g/mol. The summed E-state index contributed by atoms with van der Waals surface area (Å²) in [7, 11) is 0. The predicted octanol–water partition coefficient (Wildman–Crippen LogP) is 0.638. The van der Waals surface area contributed by atoms with Gasteiger partial charge in [-0.1, -0.05) is 0 Å². The fourth-order valence-corrected chi connectivity index (χ4v) is 1.47. The van der Waals surface area contributed by atoms with Crippen molar-refractivity contribution in [3.63, 3.8) is 0 Å². The van der Waals surface area contributed by atoms with Gasteiger partial charge in [0.1, 0.15) is 5.60 Å². The lowest BCUT2D eigenvalue weighted by atomic mass is 10.2. The molecule has 0 atom stereocenters. The molecule has 0 bridgehead atoms. The third-order valence-corrected chi connectivity index (χ3v) is 2.17. The zero-order chi connectivity index (χ0) is 12.9. The van der Waals surface area contributed by atoms with Crippen molar-refractivity contribution in [1.82, 2.24) is 15.8 Å². The highest BCUT2D eigenvalue weighted by Crippen LogP contribution is 2.06. The summed E-state index contributed by atoms with van der Waals surface area (Å²) in [5, 5.41) is 4.25. The number of nitrogens with zero attached hydrogens (tertiary/aromatic N) is 1. The molecule has 0 aliphatic carbocycles. The van der Waals surface area contributed by atoms with Gasteiger partial charge < -0.3 is 10.1 Å². The number of amides is 2. The number of alkyl carbamates (subject to hydrolysis) is 1. The van der Waals surface area contributed by atoms with Gasteiger partial charge in [0, 0.05) is 26.1 Å². The summed E-state index contributed by atoms with van der Waals surface area (Å²) in [5.74, 6) is 0.113. The zero-order valence-corrected chi connectivity index (χ0v) is 10.7. The van der Waals surface area contributed by atoms with Gasteiger partial charge in [-0.05, 0) is 27.2 Å². The fourth-order valence-electron chi connectivity index (χ4n) is 1.47. The first-order valence-electron chi connectivity index (χ1n) is 5.89. The van der Waals surface area contributed by atoms with Crippen molar-refractivity contribution < 1.29 is 14.3 Å². The van der Waals surface area contributed by atoms with Crippen LogP contribution in [0.15, 0.2) is 0 Å². The minimum absolute atomic E-state index is 0.113. The molecule has 17 heavy (non-hydrogen) atoms. The zero-order valence-electron chi connectivity index (χ0n) is 10.7. The molecule has 6 nitrogen and oxygen atoms in total. The lowest BCUT2D eigenvalue weighted by Gasteiger charge is -2.20. The lowest BCUT2D eigenvalue weighted by Crippen LogP contribution is -2.38. The number of hydrazine groups is 1. The summed E-state index contributed by atoms with van der Waals surface area (Å²) < 4.78 is 5.08. The molecule has 0 radical (unpaired) electrons. The van der Waals surface area contributed by atoms with Crippen LogP contribution in [-0.2, 0) is 9.53 Å². The smallest absolute Gasteiger partial charge is 0.407 e. The maximum absolute atomic E-state index is 11.3. The van der Waals surface area contributed by atoms with Gasteiger partial charge in [0.05, 0.1) is 0 Å². The van der Waals surface area contributed by atoms with E-state index in [2.05, 4.69) is 10.7 Å². The minimum Gasteiger partial charge on any atom is -0.444 e. The molecule has 0 spiro atoms. The van der Waals surface area contributed by atoms with Crippen LogP contribution in [0.25, 0.3) is 0 Å². The van der Waals surface area contributed by atoms with E-state index in [1.165, 1.54) is 0 Å². The molecule has 2 N–H and O–H groups in total. The third kappa shape index (κ3) is 5.53. The van der Waals surface area contributed by atoms with Gasteiger partial charge in [-0.15, -0.1) is 0 Å². The molecule has 1 saturated heterocycles. The number of ether oxygens (including phenoxy) is 1. The van der Waals surface area contributed by atoms with Crippen molar-refractivity contribution in [3.8, 4) is 0 Å². The number of carbonyl (C=O) groups is 2. The fraction of sp³-hybridized carbons (Fsp3) is 0.818. The van der Waals surface area contributed by atoms with Crippen LogP contribution in [-0.4, -0.2) is 42.2 Å². The number of rotatable bonds is 4. The Labute approximate surface area is 102 Å². The third-order valence-electron chi connectivity index (χ3n) is 2.17. The molecule has 6 heteroatoms. The molecular weight excluding hydrogens is 222 g/mol. The lowest BCUT2D eigenvalue weighted by molar-refractivity contribution is -0.129. The Bertz CT molecular complexity index is 286. The molecule has 98 valence electrons. The number of hydrogen-bond acceptors (Lipinski definition) is 4. The second kappa shape index (κ2) is 5.86. The number of nitrogens with one attached hydrogen (secondary N) is 2. The van der Waals surface area contributed by atoms with Crippen LogP contribution in [0.2, 0.25) is 0 Å². The van der Waals surface area contributed by atoms with Gasteiger partial charge in [-0.25, -0.2) is 10.2 Å². The van der Waals surface area contributed by atoms with E-state index in [9.17, 15) is 9.59 Å². The maximum Gasteiger partial charge on any atom is 0.407 e. The van der Waals surface area contributed by atoms with Crippen molar-refractivity contribution in [2.24, 2.45) is 0 Å². The van der Waals surface area contributed by atoms with E-state index in [1.54, 1.807) is 5.01 Å². The number of carbonyl (C=O) groups excluding carboxylic acids is 2. The quantitative estimate of drug-likeness (QED) is 0.711. The molecular formula is C11H21N3O3. The summed E-state index contributed by atoms with van der Waals surface area (Å²) in [6, 6.07) is 0. The van der Waals surface area contributed by atoms with Crippen molar-refractivity contribution in [2.45, 2.75) is 39.2 Å². The molecule has 0 aromatic carbocycles. The molecule has 1 aliphatic rings. The van der Waals surface area contributed by atoms with Crippen LogP contribution in [0.3, 0.4) is 0 Å². The summed E-state index contributed by atoms with van der Waals surface area (Å²) in [5.41, 5.74) is 2.50. The molecule has 2 amide bonds. The molecule has 0 aromatic rings. The maximum atomic E-state index is 11.3. The van der Waals surface area contributed by atoms with Crippen LogP contribution in [0, 0.1) is 0 Å². The van der Waals surface area contributed by atoms with Crippen molar-refractivity contribution in [3.05, 3.63) is 0 Å². The first-order valence-corrected chi connectivity index (χ1v) is 5.89. The van der Waals surface area contributed by atoms with Crippen LogP contribution in [0.5, 0.6) is 0 Å². The van der Waals surface area contributed by atoms with Crippen molar-refractivity contribution >= 4 is 12.0 Å². The van der Waals surface area contributed by atoms with Gasteiger partial charge in [0.25, 0.3) is 0 Å². The van der Waals surface area contributed by atoms with Crippen molar-refractivity contribution in [1.29, 1.82) is 0 Å². The first-order chi connectivity index (χ1) is 7.88. The Morgan fingerprint density at radius 2 is 2.24 bits per heavy atom. The predicted molar refractivity (Wildman–Crippen MR) is 63.2 cm³/mol. The Balaban J connectivity index is 2.08. The van der Waals surface area contributed by atoms with Gasteiger partial charge in [-0.3, -0.25) is 9.80 Å². The van der Waals surface area contributed by atoms with E-state index >= 15 is 0 Å². The highest BCUT2D eigenvalue weighted by atomic mass is 16.6. The standard InChI is InChI=1S/C11H21N3O3/c1-11(2,3)17-10(16)12-6-4-8-14-9(15)5-7-13-14/h13H,4-8H2,1-3H3,(H,12,16). The van der Waals surface area contributed by atoms with Gasteiger partial charge >= 0.3 is 6.09 Å². The van der Waals surface area contributed by atoms with Crippen LogP contribution in [0.1, 0.15) is 33.6 Å². The summed E-state index contributed by atoms with van der Waals surface area (Å²) in [6.45, 7) is 7.27. The van der Waals surface area contributed by atoms with Crippen LogP contribution < -0.4 is 10.7 Å². The minimum atomic E-state index is -0.476. The van der Waals surface area contributed by atoms with Crippen LogP contribution >= 0.6 is 0 Å². The normalized spacial score (nSPS) is 16.2. The van der Waals surface area contributed by atoms with Gasteiger partial charge in [-0.2, -0.15) is 0 Å². The molecule has 1 aliphatic heterocycles. The van der Waals surface area contributed by atoms with E-state index in [0.29, 0.717) is 32.5 Å². The first kappa shape index (κ1) is 13.8. The van der Waals surface area contributed by atoms with Gasteiger partial charge in [0.2, 0.25) is 5.91 Å². The average molecular weight is 243 g/mol. The summed E-state index contributed by atoms with van der Waals surface area (Å²) in [6.07, 6.45) is 0.843.